The summed E-state index contributed by atoms with van der Waals surface area (Å²) in [7, 11) is 1.70. The van der Waals surface area contributed by atoms with E-state index < -0.39 is 0 Å². The van der Waals surface area contributed by atoms with Crippen molar-refractivity contribution in [2.75, 3.05) is 20.3 Å². The van der Waals surface area contributed by atoms with Crippen molar-refractivity contribution in [1.82, 2.24) is 9.97 Å². The molecule has 1 N–H and O–H groups in total. The van der Waals surface area contributed by atoms with Gasteiger partial charge in [0.2, 0.25) is 0 Å². The molecule has 2 aromatic carbocycles. The van der Waals surface area contributed by atoms with Gasteiger partial charge in [0.1, 0.15) is 11.6 Å². The van der Waals surface area contributed by atoms with E-state index in [9.17, 15) is 0 Å². The van der Waals surface area contributed by atoms with Gasteiger partial charge in [-0.05, 0) is 36.4 Å². The zero-order chi connectivity index (χ0) is 14.5. The molecule has 0 saturated carbocycles. The van der Waals surface area contributed by atoms with E-state index in [1.807, 2.05) is 48.5 Å². The summed E-state index contributed by atoms with van der Waals surface area (Å²) in [6, 6.07) is 16.0. The second-order valence-corrected chi connectivity index (χ2v) is 4.82. The minimum atomic E-state index is 0.665. The molecule has 1 heterocycles. The van der Waals surface area contributed by atoms with Crippen molar-refractivity contribution >= 4 is 11.0 Å². The van der Waals surface area contributed by atoms with Crippen LogP contribution in [0.5, 0.6) is 5.75 Å². The molecule has 4 heteroatoms. The number of rotatable bonds is 6. The lowest BCUT2D eigenvalue weighted by atomic mass is 10.2. The molecule has 21 heavy (non-hydrogen) atoms. The molecule has 0 fully saturated rings. The zero-order valence-electron chi connectivity index (χ0n) is 12.0. The van der Waals surface area contributed by atoms with Crippen molar-refractivity contribution in [2.45, 2.75) is 6.42 Å². The van der Waals surface area contributed by atoms with Crippen molar-refractivity contribution in [3.05, 3.63) is 48.5 Å². The second-order valence-electron chi connectivity index (χ2n) is 4.82. The summed E-state index contributed by atoms with van der Waals surface area (Å²) in [4.78, 5) is 7.91. The molecule has 0 unspecified atom stereocenters. The van der Waals surface area contributed by atoms with Gasteiger partial charge in [0.15, 0.2) is 0 Å². The maximum Gasteiger partial charge on any atom is 0.138 e. The highest BCUT2D eigenvalue weighted by Crippen LogP contribution is 2.22. The Morgan fingerprint density at radius 1 is 1.00 bits per heavy atom. The predicted octanol–water partition coefficient (Wildman–Crippen LogP) is 3.65. The van der Waals surface area contributed by atoms with Crippen LogP contribution in [0.3, 0.4) is 0 Å². The van der Waals surface area contributed by atoms with E-state index in [4.69, 9.17) is 9.47 Å². The largest absolute Gasteiger partial charge is 0.494 e. The summed E-state index contributed by atoms with van der Waals surface area (Å²) in [5, 5.41) is 0. The maximum absolute atomic E-state index is 5.65. The van der Waals surface area contributed by atoms with Crippen molar-refractivity contribution in [1.29, 1.82) is 0 Å². The number of imidazole rings is 1. The van der Waals surface area contributed by atoms with Crippen LogP contribution in [-0.2, 0) is 4.74 Å². The van der Waals surface area contributed by atoms with Crippen LogP contribution in [0.15, 0.2) is 48.5 Å². The van der Waals surface area contributed by atoms with Crippen molar-refractivity contribution < 1.29 is 9.47 Å². The van der Waals surface area contributed by atoms with Crippen LogP contribution in [-0.4, -0.2) is 30.3 Å². The molecule has 0 saturated heterocycles. The highest BCUT2D eigenvalue weighted by molar-refractivity contribution is 5.79. The number of nitrogens with zero attached hydrogens (tertiary/aromatic N) is 1. The average molecular weight is 282 g/mol. The zero-order valence-corrected chi connectivity index (χ0v) is 12.0. The molecule has 0 amide bonds. The van der Waals surface area contributed by atoms with Crippen LogP contribution in [0.25, 0.3) is 22.4 Å². The number of aromatic amines is 1. The number of hydrogen-bond donors (Lipinski definition) is 1. The first-order valence-corrected chi connectivity index (χ1v) is 7.04. The molecule has 3 aromatic rings. The lowest BCUT2D eigenvalue weighted by molar-refractivity contribution is 0.172. The third kappa shape index (κ3) is 3.23. The number of benzene rings is 2. The molecular formula is C17H18N2O2. The predicted molar refractivity (Wildman–Crippen MR) is 83.5 cm³/mol. The van der Waals surface area contributed by atoms with Crippen LogP contribution in [0.4, 0.5) is 0 Å². The molecule has 4 nitrogen and oxygen atoms in total. The van der Waals surface area contributed by atoms with Gasteiger partial charge in [0.25, 0.3) is 0 Å². The molecule has 0 aliphatic carbocycles. The minimum Gasteiger partial charge on any atom is -0.494 e. The topological polar surface area (TPSA) is 47.1 Å². The molecule has 3 rings (SSSR count). The fraction of sp³-hybridized carbons (Fsp3) is 0.235. The van der Waals surface area contributed by atoms with E-state index in [2.05, 4.69) is 9.97 Å². The molecular weight excluding hydrogens is 264 g/mol. The van der Waals surface area contributed by atoms with Crippen LogP contribution >= 0.6 is 0 Å². The summed E-state index contributed by atoms with van der Waals surface area (Å²) in [5.41, 5.74) is 3.08. The number of fused-ring (bicyclic) bond motifs is 1. The molecule has 0 aliphatic heterocycles. The highest BCUT2D eigenvalue weighted by Gasteiger charge is 2.04. The van der Waals surface area contributed by atoms with Gasteiger partial charge in [-0.15, -0.1) is 0 Å². The van der Waals surface area contributed by atoms with Crippen LogP contribution < -0.4 is 4.74 Å². The van der Waals surface area contributed by atoms with Gasteiger partial charge in [-0.2, -0.15) is 0 Å². The van der Waals surface area contributed by atoms with E-state index >= 15 is 0 Å². The third-order valence-corrected chi connectivity index (χ3v) is 3.28. The lowest BCUT2D eigenvalue weighted by Gasteiger charge is -2.06. The Kier molecular flexibility index (Phi) is 4.17. The third-order valence-electron chi connectivity index (χ3n) is 3.28. The number of ether oxygens (including phenoxy) is 2. The Morgan fingerprint density at radius 2 is 1.81 bits per heavy atom. The Balaban J connectivity index is 1.71. The number of hydrogen-bond acceptors (Lipinski definition) is 3. The number of para-hydroxylation sites is 2. The molecule has 0 atom stereocenters. The highest BCUT2D eigenvalue weighted by atomic mass is 16.5. The smallest absolute Gasteiger partial charge is 0.138 e. The van der Waals surface area contributed by atoms with Crippen LogP contribution in [0.2, 0.25) is 0 Å². The van der Waals surface area contributed by atoms with Gasteiger partial charge in [-0.25, -0.2) is 4.98 Å². The standard InChI is InChI=1S/C17H18N2O2/c1-20-11-4-12-21-14-9-7-13(8-10-14)17-18-15-5-2-3-6-16(15)19-17/h2-3,5-10H,4,11-12H2,1H3,(H,18,19). The van der Waals surface area contributed by atoms with E-state index in [1.165, 1.54) is 0 Å². The van der Waals surface area contributed by atoms with Gasteiger partial charge >= 0.3 is 0 Å². The first kappa shape index (κ1) is 13.6. The van der Waals surface area contributed by atoms with E-state index in [1.54, 1.807) is 7.11 Å². The summed E-state index contributed by atoms with van der Waals surface area (Å²) in [6.45, 7) is 1.38. The summed E-state index contributed by atoms with van der Waals surface area (Å²) >= 11 is 0. The average Bonchev–Trinajstić information content (AvgIpc) is 2.96. The fourth-order valence-electron chi connectivity index (χ4n) is 2.19. The first-order valence-electron chi connectivity index (χ1n) is 7.04. The number of aromatic nitrogens is 2. The molecule has 108 valence electrons. The maximum atomic E-state index is 5.65. The molecule has 1 aromatic heterocycles. The second kappa shape index (κ2) is 6.41. The van der Waals surface area contributed by atoms with Crippen LogP contribution in [0.1, 0.15) is 6.42 Å². The summed E-state index contributed by atoms with van der Waals surface area (Å²) in [6.07, 6.45) is 0.891. The Bertz CT molecular complexity index is 671. The van der Waals surface area contributed by atoms with Crippen molar-refractivity contribution in [3.63, 3.8) is 0 Å². The van der Waals surface area contributed by atoms with Crippen LogP contribution in [0, 0.1) is 0 Å². The molecule has 0 spiro atoms. The normalized spacial score (nSPS) is 10.9. The van der Waals surface area contributed by atoms with Gasteiger partial charge in [0, 0.05) is 25.7 Å². The molecule has 0 bridgehead atoms. The van der Waals surface area contributed by atoms with Crippen molar-refractivity contribution in [2.24, 2.45) is 0 Å². The number of H-pyrrole nitrogens is 1. The summed E-state index contributed by atoms with van der Waals surface area (Å²) < 4.78 is 10.6. The van der Waals surface area contributed by atoms with Gasteiger partial charge < -0.3 is 14.5 Å². The first-order chi connectivity index (χ1) is 10.4. The Hall–Kier alpha value is -2.33. The Labute approximate surface area is 123 Å². The monoisotopic (exact) mass is 282 g/mol. The van der Waals surface area contributed by atoms with Gasteiger partial charge in [-0.1, -0.05) is 12.1 Å². The lowest BCUT2D eigenvalue weighted by Crippen LogP contribution is -2.01. The SMILES string of the molecule is COCCCOc1ccc(-c2nc3ccccc3[nH]2)cc1. The summed E-state index contributed by atoms with van der Waals surface area (Å²) in [5.74, 6) is 1.74. The molecule has 0 aliphatic rings. The van der Waals surface area contributed by atoms with Gasteiger partial charge in [0.05, 0.1) is 17.6 Å². The van der Waals surface area contributed by atoms with E-state index in [0.29, 0.717) is 6.61 Å². The van der Waals surface area contributed by atoms with E-state index in [0.717, 1.165) is 41.2 Å². The quantitative estimate of drug-likeness (QED) is 0.702. The number of nitrogens with one attached hydrogen (secondary N) is 1. The minimum absolute atomic E-state index is 0.665. The van der Waals surface area contributed by atoms with Gasteiger partial charge in [-0.3, -0.25) is 0 Å². The van der Waals surface area contributed by atoms with E-state index in [-0.39, 0.29) is 0 Å². The number of methoxy groups -OCH3 is 1. The molecule has 0 radical (unpaired) electrons. The fourth-order valence-corrected chi connectivity index (χ4v) is 2.19. The Morgan fingerprint density at radius 3 is 2.57 bits per heavy atom. The van der Waals surface area contributed by atoms with Crippen molar-refractivity contribution in [3.8, 4) is 17.1 Å².